The highest BCUT2D eigenvalue weighted by Gasteiger charge is 2.18. The minimum Gasteiger partial charge on any atom is -0.496 e. The smallest absolute Gasteiger partial charge is 0.224 e. The van der Waals surface area contributed by atoms with Gasteiger partial charge in [-0.05, 0) is 24.3 Å². The summed E-state index contributed by atoms with van der Waals surface area (Å²) in [4.78, 5) is 13.8. The zero-order valence-corrected chi connectivity index (χ0v) is 16.1. The van der Waals surface area contributed by atoms with E-state index in [1.807, 2.05) is 36.5 Å². The molecule has 144 valence electrons. The number of para-hydroxylation sites is 2. The third kappa shape index (κ3) is 4.17. The number of aromatic nitrogens is 2. The van der Waals surface area contributed by atoms with E-state index in [2.05, 4.69) is 50.4 Å². The van der Waals surface area contributed by atoms with Crippen LogP contribution in [0.4, 0.5) is 17.5 Å². The van der Waals surface area contributed by atoms with Crippen LogP contribution in [0.5, 0.6) is 5.75 Å². The van der Waals surface area contributed by atoms with Crippen LogP contribution in [0.1, 0.15) is 5.56 Å². The zero-order valence-electron chi connectivity index (χ0n) is 16.1. The lowest BCUT2D eigenvalue weighted by molar-refractivity contribution is 0.410. The Kier molecular flexibility index (Phi) is 5.56. The zero-order chi connectivity index (χ0) is 19.2. The van der Waals surface area contributed by atoms with E-state index >= 15 is 0 Å². The summed E-state index contributed by atoms with van der Waals surface area (Å²) in [5, 5.41) is 3.31. The lowest BCUT2D eigenvalue weighted by atomic mass is 10.2. The molecule has 2 heterocycles. The third-order valence-electron chi connectivity index (χ3n) is 5.00. The molecule has 4 rings (SSSR count). The fourth-order valence-electron chi connectivity index (χ4n) is 3.47. The molecular weight excluding hydrogens is 350 g/mol. The van der Waals surface area contributed by atoms with Crippen LogP contribution in [0, 0.1) is 0 Å². The van der Waals surface area contributed by atoms with Gasteiger partial charge in [0.1, 0.15) is 11.6 Å². The molecule has 0 amide bonds. The number of rotatable bonds is 6. The van der Waals surface area contributed by atoms with E-state index < -0.39 is 0 Å². The molecule has 6 heteroatoms. The highest BCUT2D eigenvalue weighted by Crippen LogP contribution is 2.21. The van der Waals surface area contributed by atoms with Crippen molar-refractivity contribution >= 4 is 17.5 Å². The molecule has 0 bridgehead atoms. The molecule has 0 spiro atoms. The predicted octanol–water partition coefficient (Wildman–Crippen LogP) is 3.42. The van der Waals surface area contributed by atoms with Gasteiger partial charge in [0.2, 0.25) is 5.95 Å². The van der Waals surface area contributed by atoms with Crippen molar-refractivity contribution in [1.29, 1.82) is 0 Å². The molecule has 0 radical (unpaired) electrons. The number of hydrogen-bond donors (Lipinski definition) is 1. The van der Waals surface area contributed by atoms with Crippen LogP contribution in [-0.2, 0) is 6.54 Å². The Morgan fingerprint density at radius 1 is 0.893 bits per heavy atom. The number of anilines is 3. The minimum absolute atomic E-state index is 0.620. The maximum absolute atomic E-state index is 5.41. The van der Waals surface area contributed by atoms with Crippen LogP contribution < -0.4 is 19.9 Å². The molecule has 0 atom stereocenters. The lowest BCUT2D eigenvalue weighted by Gasteiger charge is -2.36. The van der Waals surface area contributed by atoms with Gasteiger partial charge in [0.25, 0.3) is 0 Å². The number of methoxy groups -OCH3 is 1. The third-order valence-corrected chi connectivity index (χ3v) is 5.00. The summed E-state index contributed by atoms with van der Waals surface area (Å²) < 4.78 is 5.41. The molecule has 1 saturated heterocycles. The molecule has 3 aromatic rings. The summed E-state index contributed by atoms with van der Waals surface area (Å²) in [5.41, 5.74) is 2.36. The normalized spacial score (nSPS) is 14.0. The first-order valence-corrected chi connectivity index (χ1v) is 9.57. The Morgan fingerprint density at radius 2 is 1.61 bits per heavy atom. The molecule has 1 aliphatic heterocycles. The van der Waals surface area contributed by atoms with Gasteiger partial charge in [-0.3, -0.25) is 0 Å². The van der Waals surface area contributed by atoms with Crippen molar-refractivity contribution < 1.29 is 4.74 Å². The molecule has 0 unspecified atom stereocenters. The molecule has 0 aliphatic carbocycles. The molecule has 28 heavy (non-hydrogen) atoms. The number of hydrogen-bond acceptors (Lipinski definition) is 6. The average molecular weight is 375 g/mol. The first-order valence-electron chi connectivity index (χ1n) is 9.57. The van der Waals surface area contributed by atoms with Crippen LogP contribution >= 0.6 is 0 Å². The van der Waals surface area contributed by atoms with Crippen molar-refractivity contribution in [2.45, 2.75) is 6.54 Å². The quantitative estimate of drug-likeness (QED) is 0.712. The molecule has 0 saturated carbocycles. The second kappa shape index (κ2) is 8.61. The Bertz CT molecular complexity index is 894. The number of piperazine rings is 1. The van der Waals surface area contributed by atoms with Gasteiger partial charge >= 0.3 is 0 Å². The highest BCUT2D eigenvalue weighted by atomic mass is 16.5. The Balaban J connectivity index is 1.38. The summed E-state index contributed by atoms with van der Waals surface area (Å²) in [6.07, 6.45) is 1.82. The number of nitrogens with zero attached hydrogens (tertiary/aromatic N) is 4. The summed E-state index contributed by atoms with van der Waals surface area (Å²) in [6.45, 7) is 4.47. The first kappa shape index (κ1) is 18.1. The fourth-order valence-corrected chi connectivity index (χ4v) is 3.47. The van der Waals surface area contributed by atoms with Gasteiger partial charge in [0.05, 0.1) is 7.11 Å². The van der Waals surface area contributed by atoms with Crippen molar-refractivity contribution in [3.63, 3.8) is 0 Å². The molecular formula is C22H25N5O. The summed E-state index contributed by atoms with van der Waals surface area (Å²) in [6, 6.07) is 20.5. The van der Waals surface area contributed by atoms with Gasteiger partial charge < -0.3 is 19.9 Å². The van der Waals surface area contributed by atoms with Crippen molar-refractivity contribution in [1.82, 2.24) is 9.97 Å². The van der Waals surface area contributed by atoms with E-state index in [4.69, 9.17) is 9.72 Å². The predicted molar refractivity (Wildman–Crippen MR) is 113 cm³/mol. The number of ether oxygens (including phenoxy) is 1. The van der Waals surface area contributed by atoms with E-state index in [0.29, 0.717) is 12.5 Å². The summed E-state index contributed by atoms with van der Waals surface area (Å²) in [5.74, 6) is 2.46. The number of benzene rings is 2. The maximum atomic E-state index is 5.41. The standard InChI is InChI=1S/C22H25N5O/c1-28-20-10-6-5-7-18(20)17-24-22-23-12-11-21(25-22)27-15-13-26(14-16-27)19-8-3-2-4-9-19/h2-12H,13-17H2,1H3,(H,23,24,25). The number of nitrogens with one attached hydrogen (secondary N) is 1. The van der Waals surface area contributed by atoms with E-state index in [-0.39, 0.29) is 0 Å². The molecule has 1 aliphatic rings. The first-order chi connectivity index (χ1) is 13.8. The largest absolute Gasteiger partial charge is 0.496 e. The van der Waals surface area contributed by atoms with Crippen LogP contribution in [0.15, 0.2) is 66.9 Å². The molecule has 1 fully saturated rings. The van der Waals surface area contributed by atoms with E-state index in [1.54, 1.807) is 7.11 Å². The highest BCUT2D eigenvalue weighted by molar-refractivity contribution is 5.50. The minimum atomic E-state index is 0.620. The molecule has 6 nitrogen and oxygen atoms in total. The van der Waals surface area contributed by atoms with E-state index in [9.17, 15) is 0 Å². The second-order valence-corrected chi connectivity index (χ2v) is 6.71. The van der Waals surface area contributed by atoms with E-state index in [1.165, 1.54) is 5.69 Å². The monoisotopic (exact) mass is 375 g/mol. The topological polar surface area (TPSA) is 53.5 Å². The molecule has 1 N–H and O–H groups in total. The van der Waals surface area contributed by atoms with Crippen molar-refractivity contribution in [3.05, 3.63) is 72.4 Å². The average Bonchev–Trinajstić information content (AvgIpc) is 2.79. The fraction of sp³-hybridized carbons (Fsp3) is 0.273. The van der Waals surface area contributed by atoms with E-state index in [0.717, 1.165) is 43.3 Å². The van der Waals surface area contributed by atoms with Gasteiger partial charge in [-0.2, -0.15) is 4.98 Å². The Morgan fingerprint density at radius 3 is 2.39 bits per heavy atom. The lowest BCUT2D eigenvalue weighted by Crippen LogP contribution is -2.46. The second-order valence-electron chi connectivity index (χ2n) is 6.71. The maximum Gasteiger partial charge on any atom is 0.224 e. The molecule has 2 aromatic carbocycles. The van der Waals surface area contributed by atoms with Crippen LogP contribution in [0.25, 0.3) is 0 Å². The van der Waals surface area contributed by atoms with Gasteiger partial charge in [0, 0.05) is 50.2 Å². The van der Waals surface area contributed by atoms with Gasteiger partial charge in [0.15, 0.2) is 0 Å². The van der Waals surface area contributed by atoms with Crippen LogP contribution in [-0.4, -0.2) is 43.3 Å². The van der Waals surface area contributed by atoms with Crippen molar-refractivity contribution in [2.24, 2.45) is 0 Å². The SMILES string of the molecule is COc1ccccc1CNc1nccc(N2CCN(c3ccccc3)CC2)n1. The Hall–Kier alpha value is -3.28. The summed E-state index contributed by atoms with van der Waals surface area (Å²) >= 11 is 0. The van der Waals surface area contributed by atoms with Crippen LogP contribution in [0.2, 0.25) is 0 Å². The van der Waals surface area contributed by atoms with Gasteiger partial charge in [-0.25, -0.2) is 4.98 Å². The van der Waals surface area contributed by atoms with Gasteiger partial charge in [-0.1, -0.05) is 36.4 Å². The summed E-state index contributed by atoms with van der Waals surface area (Å²) in [7, 11) is 1.69. The Labute approximate surface area is 165 Å². The van der Waals surface area contributed by atoms with Crippen LogP contribution in [0.3, 0.4) is 0 Å². The van der Waals surface area contributed by atoms with Crippen molar-refractivity contribution in [2.75, 3.05) is 48.4 Å². The molecule has 1 aromatic heterocycles. The van der Waals surface area contributed by atoms with Gasteiger partial charge in [-0.15, -0.1) is 0 Å². The van der Waals surface area contributed by atoms with Crippen molar-refractivity contribution in [3.8, 4) is 5.75 Å².